The van der Waals surface area contributed by atoms with Gasteiger partial charge in [0.25, 0.3) is 0 Å². The van der Waals surface area contributed by atoms with E-state index < -0.39 is 0 Å². The fourth-order valence-electron chi connectivity index (χ4n) is 2.34. The molecule has 23 heavy (non-hydrogen) atoms. The molecule has 3 rings (SSSR count). The highest BCUT2D eigenvalue weighted by molar-refractivity contribution is 5.92. The Morgan fingerprint density at radius 2 is 1.74 bits per heavy atom. The fraction of sp³-hybridized carbons (Fsp3) is 0.100. The number of benzene rings is 3. The molecular weight excluding hydrogens is 286 g/mol. The summed E-state index contributed by atoms with van der Waals surface area (Å²) in [5.41, 5.74) is 2.38. The van der Waals surface area contributed by atoms with Gasteiger partial charge in [0.15, 0.2) is 0 Å². The van der Waals surface area contributed by atoms with E-state index in [-0.39, 0.29) is 5.97 Å². The van der Waals surface area contributed by atoms with Crippen molar-refractivity contribution in [2.45, 2.75) is 6.92 Å². The van der Waals surface area contributed by atoms with Gasteiger partial charge in [-0.1, -0.05) is 36.4 Å². The van der Waals surface area contributed by atoms with Gasteiger partial charge in [0.2, 0.25) is 0 Å². The zero-order valence-corrected chi connectivity index (χ0v) is 12.9. The Bertz CT molecular complexity index is 851. The first-order valence-corrected chi connectivity index (χ1v) is 7.56. The second kappa shape index (κ2) is 6.88. The van der Waals surface area contributed by atoms with Gasteiger partial charge >= 0.3 is 5.97 Å². The molecule has 114 valence electrons. The number of hydrogen-bond acceptors (Lipinski definition) is 3. The molecule has 0 aliphatic carbocycles. The van der Waals surface area contributed by atoms with Crippen LogP contribution in [0.5, 0.6) is 0 Å². The van der Waals surface area contributed by atoms with Crippen LogP contribution in [0.15, 0.2) is 71.7 Å². The van der Waals surface area contributed by atoms with E-state index in [1.54, 1.807) is 19.1 Å². The molecule has 0 saturated heterocycles. The van der Waals surface area contributed by atoms with Crippen molar-refractivity contribution in [2.75, 3.05) is 6.61 Å². The highest BCUT2D eigenvalue weighted by Gasteiger charge is 2.04. The summed E-state index contributed by atoms with van der Waals surface area (Å²) in [5, 5.41) is 2.40. The maximum atomic E-state index is 11.6. The number of esters is 1. The molecule has 0 N–H and O–H groups in total. The monoisotopic (exact) mass is 303 g/mol. The highest BCUT2D eigenvalue weighted by Crippen LogP contribution is 2.17. The van der Waals surface area contributed by atoms with Crippen LogP contribution >= 0.6 is 0 Å². The molecule has 3 nitrogen and oxygen atoms in total. The van der Waals surface area contributed by atoms with Crippen molar-refractivity contribution < 1.29 is 9.53 Å². The van der Waals surface area contributed by atoms with E-state index in [0.29, 0.717) is 12.2 Å². The number of carbonyl (C=O) groups is 1. The Balaban J connectivity index is 1.77. The molecule has 0 aliphatic rings. The molecule has 0 bridgehead atoms. The molecule has 3 aromatic carbocycles. The Hall–Kier alpha value is -2.94. The maximum absolute atomic E-state index is 11.6. The van der Waals surface area contributed by atoms with Gasteiger partial charge in [-0.2, -0.15) is 0 Å². The summed E-state index contributed by atoms with van der Waals surface area (Å²) in [6.07, 6.45) is 1.83. The van der Waals surface area contributed by atoms with Crippen molar-refractivity contribution in [1.29, 1.82) is 0 Å². The summed E-state index contributed by atoms with van der Waals surface area (Å²) in [7, 11) is 0. The molecule has 3 heteroatoms. The third-order valence-electron chi connectivity index (χ3n) is 3.51. The van der Waals surface area contributed by atoms with Crippen molar-refractivity contribution in [3.05, 3.63) is 77.9 Å². The van der Waals surface area contributed by atoms with Crippen LogP contribution in [-0.2, 0) is 4.74 Å². The summed E-state index contributed by atoms with van der Waals surface area (Å²) < 4.78 is 4.96. The van der Waals surface area contributed by atoms with E-state index in [4.69, 9.17) is 4.74 Å². The van der Waals surface area contributed by atoms with Crippen LogP contribution < -0.4 is 0 Å². The molecule has 0 amide bonds. The number of nitrogens with zero attached hydrogens (tertiary/aromatic N) is 1. The highest BCUT2D eigenvalue weighted by atomic mass is 16.5. The van der Waals surface area contributed by atoms with Gasteiger partial charge in [-0.25, -0.2) is 4.79 Å². The first-order valence-electron chi connectivity index (χ1n) is 7.56. The van der Waals surface area contributed by atoms with Crippen LogP contribution in [0.3, 0.4) is 0 Å². The Kier molecular flexibility index (Phi) is 4.48. The summed E-state index contributed by atoms with van der Waals surface area (Å²) in [6.45, 7) is 2.17. The molecule has 0 unspecified atom stereocenters. The molecule has 0 aliphatic heterocycles. The van der Waals surface area contributed by atoms with Crippen molar-refractivity contribution >= 4 is 28.6 Å². The largest absolute Gasteiger partial charge is 0.462 e. The second-order valence-electron chi connectivity index (χ2n) is 5.13. The smallest absolute Gasteiger partial charge is 0.338 e. The van der Waals surface area contributed by atoms with Crippen LogP contribution in [-0.4, -0.2) is 18.8 Å². The van der Waals surface area contributed by atoms with Gasteiger partial charge in [0.1, 0.15) is 0 Å². The molecule has 0 aromatic heterocycles. The third kappa shape index (κ3) is 3.64. The van der Waals surface area contributed by atoms with Gasteiger partial charge in [-0.3, -0.25) is 4.99 Å². The van der Waals surface area contributed by atoms with E-state index in [1.807, 2.05) is 36.5 Å². The lowest BCUT2D eigenvalue weighted by molar-refractivity contribution is 0.0526. The Labute approximate surface area is 135 Å². The number of aliphatic imine (C=N–C) groups is 1. The normalized spacial score (nSPS) is 11.0. The van der Waals surface area contributed by atoms with E-state index >= 15 is 0 Å². The van der Waals surface area contributed by atoms with Crippen molar-refractivity contribution in [2.24, 2.45) is 4.99 Å². The Morgan fingerprint density at radius 1 is 1.00 bits per heavy atom. The number of rotatable bonds is 4. The molecule has 0 atom stereocenters. The van der Waals surface area contributed by atoms with Crippen LogP contribution in [0.1, 0.15) is 22.8 Å². The van der Waals surface area contributed by atoms with Crippen LogP contribution in [0, 0.1) is 0 Å². The number of fused-ring (bicyclic) bond motifs is 1. The summed E-state index contributed by atoms with van der Waals surface area (Å²) >= 11 is 0. The van der Waals surface area contributed by atoms with E-state index in [2.05, 4.69) is 29.3 Å². The molecule has 0 fully saturated rings. The quantitative estimate of drug-likeness (QED) is 0.514. The Morgan fingerprint density at radius 3 is 2.48 bits per heavy atom. The van der Waals surface area contributed by atoms with Gasteiger partial charge in [0, 0.05) is 6.21 Å². The van der Waals surface area contributed by atoms with E-state index in [1.165, 1.54) is 10.8 Å². The molecule has 0 heterocycles. The average Bonchev–Trinajstić information content (AvgIpc) is 2.60. The molecule has 0 radical (unpaired) electrons. The lowest BCUT2D eigenvalue weighted by Gasteiger charge is -2.02. The standard InChI is InChI=1S/C20H17NO2/c1-2-23-20(22)17-9-11-19(12-10-17)21-14-15-7-8-16-5-3-4-6-18(16)13-15/h3-14H,2H2,1H3. The minimum Gasteiger partial charge on any atom is -0.462 e. The van der Waals surface area contributed by atoms with Gasteiger partial charge in [-0.05, 0) is 53.6 Å². The SMILES string of the molecule is CCOC(=O)c1ccc(N=Cc2ccc3ccccc3c2)cc1. The lowest BCUT2D eigenvalue weighted by atomic mass is 10.1. The predicted octanol–water partition coefficient (Wildman–Crippen LogP) is 4.77. The first kappa shape index (κ1) is 15.0. The van der Waals surface area contributed by atoms with Gasteiger partial charge in [0.05, 0.1) is 17.9 Å². The van der Waals surface area contributed by atoms with E-state index in [0.717, 1.165) is 11.3 Å². The number of hydrogen-bond donors (Lipinski definition) is 0. The minimum absolute atomic E-state index is 0.308. The van der Waals surface area contributed by atoms with Crippen molar-refractivity contribution in [3.63, 3.8) is 0 Å². The predicted molar refractivity (Wildman–Crippen MR) is 93.6 cm³/mol. The summed E-state index contributed by atoms with van der Waals surface area (Å²) in [4.78, 5) is 16.1. The number of carbonyl (C=O) groups excluding carboxylic acids is 1. The number of ether oxygens (including phenoxy) is 1. The average molecular weight is 303 g/mol. The molecular formula is C20H17NO2. The zero-order valence-electron chi connectivity index (χ0n) is 12.9. The van der Waals surface area contributed by atoms with Crippen LogP contribution in [0.4, 0.5) is 5.69 Å². The second-order valence-corrected chi connectivity index (χ2v) is 5.13. The summed E-state index contributed by atoms with van der Waals surface area (Å²) in [6, 6.07) is 21.5. The zero-order chi connectivity index (χ0) is 16.1. The summed E-state index contributed by atoms with van der Waals surface area (Å²) in [5.74, 6) is -0.308. The van der Waals surface area contributed by atoms with Gasteiger partial charge in [-0.15, -0.1) is 0 Å². The van der Waals surface area contributed by atoms with E-state index in [9.17, 15) is 4.79 Å². The lowest BCUT2D eigenvalue weighted by Crippen LogP contribution is -2.03. The maximum Gasteiger partial charge on any atom is 0.338 e. The first-order chi connectivity index (χ1) is 11.3. The molecule has 0 saturated carbocycles. The minimum atomic E-state index is -0.308. The van der Waals surface area contributed by atoms with Gasteiger partial charge < -0.3 is 4.74 Å². The third-order valence-corrected chi connectivity index (χ3v) is 3.51. The van der Waals surface area contributed by atoms with Crippen molar-refractivity contribution in [3.8, 4) is 0 Å². The van der Waals surface area contributed by atoms with Crippen LogP contribution in [0.2, 0.25) is 0 Å². The molecule has 3 aromatic rings. The topological polar surface area (TPSA) is 38.7 Å². The van der Waals surface area contributed by atoms with Crippen LogP contribution in [0.25, 0.3) is 10.8 Å². The molecule has 0 spiro atoms. The van der Waals surface area contributed by atoms with Crippen molar-refractivity contribution in [1.82, 2.24) is 0 Å². The fourth-order valence-corrected chi connectivity index (χ4v) is 2.34.